The fourth-order valence-corrected chi connectivity index (χ4v) is 3.83. The SMILES string of the molecule is CCC1(COCCCCCCCCOc2ccc(C(=O)Oc3ccc(OC(F)(F)F)cc3)cc2)COC1. The van der Waals surface area contributed by atoms with E-state index in [-0.39, 0.29) is 16.9 Å². The molecule has 3 rings (SSSR count). The third kappa shape index (κ3) is 10.2. The third-order valence-electron chi connectivity index (χ3n) is 6.28. The Labute approximate surface area is 216 Å². The number of alkyl halides is 3. The lowest BCUT2D eigenvalue weighted by molar-refractivity contribution is -0.274. The van der Waals surface area contributed by atoms with Crippen LogP contribution >= 0.6 is 0 Å². The highest BCUT2D eigenvalue weighted by molar-refractivity contribution is 5.91. The first-order valence-corrected chi connectivity index (χ1v) is 12.7. The second kappa shape index (κ2) is 14.2. The summed E-state index contributed by atoms with van der Waals surface area (Å²) in [6, 6.07) is 11.2. The van der Waals surface area contributed by atoms with Crippen LogP contribution in [0.3, 0.4) is 0 Å². The maximum absolute atomic E-state index is 12.3. The Balaban J connectivity index is 1.23. The number of hydrogen-bond donors (Lipinski definition) is 0. The number of ether oxygens (including phenoxy) is 5. The van der Waals surface area contributed by atoms with E-state index in [9.17, 15) is 18.0 Å². The van der Waals surface area contributed by atoms with E-state index in [2.05, 4.69) is 11.7 Å². The van der Waals surface area contributed by atoms with E-state index in [0.29, 0.717) is 17.9 Å². The second-order valence-corrected chi connectivity index (χ2v) is 9.30. The van der Waals surface area contributed by atoms with Gasteiger partial charge in [0.2, 0.25) is 0 Å². The fourth-order valence-electron chi connectivity index (χ4n) is 3.83. The summed E-state index contributed by atoms with van der Waals surface area (Å²) in [7, 11) is 0. The lowest BCUT2D eigenvalue weighted by atomic mass is 9.84. The van der Waals surface area contributed by atoms with Gasteiger partial charge in [-0.2, -0.15) is 0 Å². The smallest absolute Gasteiger partial charge is 0.494 e. The van der Waals surface area contributed by atoms with Crippen LogP contribution in [0.15, 0.2) is 48.5 Å². The van der Waals surface area contributed by atoms with Crippen LogP contribution in [0.1, 0.15) is 62.2 Å². The highest BCUT2D eigenvalue weighted by atomic mass is 19.4. The topological polar surface area (TPSA) is 63.2 Å². The minimum Gasteiger partial charge on any atom is -0.494 e. The maximum Gasteiger partial charge on any atom is 0.573 e. The minimum absolute atomic E-state index is 0.112. The molecule has 0 aromatic heterocycles. The summed E-state index contributed by atoms with van der Waals surface area (Å²) >= 11 is 0. The van der Waals surface area contributed by atoms with Crippen LogP contribution in [0.5, 0.6) is 17.2 Å². The van der Waals surface area contributed by atoms with Crippen LogP contribution in [-0.4, -0.2) is 45.4 Å². The van der Waals surface area contributed by atoms with Crippen LogP contribution in [0.25, 0.3) is 0 Å². The normalized spacial score (nSPS) is 14.6. The average molecular weight is 525 g/mol. The number of esters is 1. The minimum atomic E-state index is -4.78. The molecule has 0 spiro atoms. The molecule has 204 valence electrons. The highest BCUT2D eigenvalue weighted by Gasteiger charge is 2.36. The quantitative estimate of drug-likeness (QED) is 0.134. The van der Waals surface area contributed by atoms with E-state index in [1.807, 2.05) is 0 Å². The van der Waals surface area contributed by atoms with Crippen LogP contribution in [0.2, 0.25) is 0 Å². The largest absolute Gasteiger partial charge is 0.573 e. The van der Waals surface area contributed by atoms with E-state index in [1.165, 1.54) is 25.0 Å². The van der Waals surface area contributed by atoms with Gasteiger partial charge >= 0.3 is 12.3 Å². The number of unbranched alkanes of at least 4 members (excludes halogenated alkanes) is 5. The van der Waals surface area contributed by atoms with Gasteiger partial charge in [-0.3, -0.25) is 0 Å². The van der Waals surface area contributed by atoms with Gasteiger partial charge in [-0.25, -0.2) is 4.79 Å². The van der Waals surface area contributed by atoms with Crippen molar-refractivity contribution in [2.75, 3.05) is 33.0 Å². The number of halogens is 3. The van der Waals surface area contributed by atoms with Gasteiger partial charge in [0, 0.05) is 12.0 Å². The predicted octanol–water partition coefficient (Wildman–Crippen LogP) is 6.97. The molecule has 1 aliphatic heterocycles. The van der Waals surface area contributed by atoms with Crippen molar-refractivity contribution in [3.05, 3.63) is 54.1 Å². The van der Waals surface area contributed by atoms with Crippen molar-refractivity contribution in [1.29, 1.82) is 0 Å². The summed E-state index contributed by atoms with van der Waals surface area (Å²) in [6.45, 7) is 6.06. The summed E-state index contributed by atoms with van der Waals surface area (Å²) in [5.41, 5.74) is 0.565. The molecule has 2 aromatic carbocycles. The highest BCUT2D eigenvalue weighted by Crippen LogP contribution is 2.31. The molecule has 0 N–H and O–H groups in total. The Bertz CT molecular complexity index is 934. The molecular weight excluding hydrogens is 489 g/mol. The molecule has 1 saturated heterocycles. The molecule has 0 bridgehead atoms. The summed E-state index contributed by atoms with van der Waals surface area (Å²) in [4.78, 5) is 12.3. The van der Waals surface area contributed by atoms with Crippen LogP contribution < -0.4 is 14.2 Å². The second-order valence-electron chi connectivity index (χ2n) is 9.30. The van der Waals surface area contributed by atoms with E-state index in [0.717, 1.165) is 70.7 Å². The monoisotopic (exact) mass is 524 g/mol. The molecular formula is C28H35F3O6. The molecule has 9 heteroatoms. The Hall–Kier alpha value is -2.78. The lowest BCUT2D eigenvalue weighted by Gasteiger charge is -2.40. The Morgan fingerprint density at radius 3 is 1.97 bits per heavy atom. The van der Waals surface area contributed by atoms with E-state index in [4.69, 9.17) is 18.9 Å². The van der Waals surface area contributed by atoms with Gasteiger partial charge in [0.15, 0.2) is 0 Å². The molecule has 37 heavy (non-hydrogen) atoms. The number of carbonyl (C=O) groups excluding carboxylic acids is 1. The number of carbonyl (C=O) groups is 1. The van der Waals surface area contributed by atoms with Crippen molar-refractivity contribution in [2.45, 2.75) is 58.2 Å². The van der Waals surface area contributed by atoms with Crippen LogP contribution in [-0.2, 0) is 9.47 Å². The van der Waals surface area contributed by atoms with Crippen molar-refractivity contribution >= 4 is 5.97 Å². The molecule has 0 unspecified atom stereocenters. The van der Waals surface area contributed by atoms with Crippen molar-refractivity contribution in [2.24, 2.45) is 5.41 Å². The lowest BCUT2D eigenvalue weighted by Crippen LogP contribution is -2.45. The maximum atomic E-state index is 12.3. The Kier molecular flexibility index (Phi) is 11.1. The summed E-state index contributed by atoms with van der Waals surface area (Å²) < 4.78 is 62.5. The molecule has 0 radical (unpaired) electrons. The molecule has 0 atom stereocenters. The van der Waals surface area contributed by atoms with Gasteiger partial charge < -0.3 is 23.7 Å². The van der Waals surface area contributed by atoms with E-state index < -0.39 is 12.3 Å². The van der Waals surface area contributed by atoms with Crippen molar-refractivity contribution in [3.63, 3.8) is 0 Å². The summed E-state index contributed by atoms with van der Waals surface area (Å²) in [6.07, 6.45) is 2.97. The zero-order valence-electron chi connectivity index (χ0n) is 21.2. The van der Waals surface area contributed by atoms with Gasteiger partial charge in [-0.15, -0.1) is 13.2 Å². The standard InChI is InChI=1S/C28H35F3O6/c1-2-27(20-34-21-27)19-33-17-7-5-3-4-6-8-18-35-23-11-9-22(10-12-23)26(32)36-24-13-15-25(16-14-24)37-28(29,30)31/h9-16H,2-8,17-21H2,1H3. The first-order chi connectivity index (χ1) is 17.8. The molecule has 0 saturated carbocycles. The van der Waals surface area contributed by atoms with Gasteiger partial charge in [0.05, 0.1) is 32.0 Å². The molecule has 1 aliphatic rings. The molecule has 0 aliphatic carbocycles. The Morgan fingerprint density at radius 2 is 1.41 bits per heavy atom. The van der Waals surface area contributed by atoms with Gasteiger partial charge in [0.1, 0.15) is 17.2 Å². The third-order valence-corrected chi connectivity index (χ3v) is 6.28. The molecule has 0 amide bonds. The first-order valence-electron chi connectivity index (χ1n) is 12.7. The van der Waals surface area contributed by atoms with E-state index >= 15 is 0 Å². The fraction of sp³-hybridized carbons (Fsp3) is 0.536. The molecule has 2 aromatic rings. The van der Waals surface area contributed by atoms with Gasteiger partial charge in [0.25, 0.3) is 0 Å². The molecule has 1 fully saturated rings. The number of benzene rings is 2. The van der Waals surface area contributed by atoms with Gasteiger partial charge in [-0.05, 0) is 67.8 Å². The van der Waals surface area contributed by atoms with Crippen LogP contribution in [0, 0.1) is 5.41 Å². The summed E-state index contributed by atoms with van der Waals surface area (Å²) in [5.74, 6) is -0.243. The number of rotatable bonds is 16. The average Bonchev–Trinajstić information content (AvgIpc) is 2.84. The molecule has 6 nitrogen and oxygen atoms in total. The van der Waals surface area contributed by atoms with Crippen LogP contribution in [0.4, 0.5) is 13.2 Å². The van der Waals surface area contributed by atoms with Gasteiger partial charge in [-0.1, -0.05) is 32.6 Å². The predicted molar refractivity (Wildman–Crippen MR) is 132 cm³/mol. The molecule has 1 heterocycles. The van der Waals surface area contributed by atoms with Crippen molar-refractivity contribution in [3.8, 4) is 17.2 Å². The van der Waals surface area contributed by atoms with E-state index in [1.54, 1.807) is 24.3 Å². The zero-order chi connectivity index (χ0) is 26.6. The zero-order valence-corrected chi connectivity index (χ0v) is 21.2. The summed E-state index contributed by atoms with van der Waals surface area (Å²) in [5, 5.41) is 0. The van der Waals surface area contributed by atoms with Crippen molar-refractivity contribution in [1.82, 2.24) is 0 Å². The Morgan fingerprint density at radius 1 is 0.838 bits per heavy atom. The first kappa shape index (κ1) is 28.8. The number of hydrogen-bond acceptors (Lipinski definition) is 6. The van der Waals surface area contributed by atoms with Crippen molar-refractivity contribution < 1.29 is 41.7 Å².